The number of aromatic amines is 1. The van der Waals surface area contributed by atoms with Crippen LogP contribution in [0.25, 0.3) is 22.0 Å². The van der Waals surface area contributed by atoms with Gasteiger partial charge in [0.2, 0.25) is 5.91 Å². The van der Waals surface area contributed by atoms with E-state index in [-0.39, 0.29) is 17.9 Å². The molecule has 0 saturated carbocycles. The molecule has 0 atom stereocenters. The van der Waals surface area contributed by atoms with Crippen molar-refractivity contribution in [3.05, 3.63) is 90.1 Å². The fraction of sp³-hybridized carbons (Fsp3) is 0.0833. The van der Waals surface area contributed by atoms with Crippen LogP contribution in [0.3, 0.4) is 0 Å². The van der Waals surface area contributed by atoms with Crippen LogP contribution in [-0.4, -0.2) is 22.0 Å². The first-order chi connectivity index (χ1) is 14.1. The Labute approximate surface area is 168 Å². The summed E-state index contributed by atoms with van der Waals surface area (Å²) in [5.41, 5.74) is 4.84. The summed E-state index contributed by atoms with van der Waals surface area (Å²) in [7, 11) is 0. The summed E-state index contributed by atoms with van der Waals surface area (Å²) in [4.78, 5) is 26.7. The lowest BCUT2D eigenvalue weighted by molar-refractivity contribution is -0.116. The summed E-state index contributed by atoms with van der Waals surface area (Å²) >= 11 is 0. The highest BCUT2D eigenvalue weighted by Gasteiger charge is 2.11. The van der Waals surface area contributed by atoms with Gasteiger partial charge < -0.3 is 15.4 Å². The van der Waals surface area contributed by atoms with Gasteiger partial charge in [0.05, 0.1) is 11.3 Å². The number of aromatic nitrogens is 1. The van der Waals surface area contributed by atoms with Crippen LogP contribution in [0.2, 0.25) is 0 Å². The Morgan fingerprint density at radius 3 is 2.45 bits per heavy atom. The van der Waals surface area contributed by atoms with Gasteiger partial charge in [-0.2, -0.15) is 0 Å². The van der Waals surface area contributed by atoms with Crippen molar-refractivity contribution in [1.82, 2.24) is 4.98 Å². The van der Waals surface area contributed by atoms with Gasteiger partial charge >= 0.3 is 5.97 Å². The number of H-pyrrole nitrogens is 1. The molecule has 5 nitrogen and oxygen atoms in total. The van der Waals surface area contributed by atoms with Crippen molar-refractivity contribution in [3.63, 3.8) is 0 Å². The number of carboxylic acid groups (broad SMARTS) is 1. The molecule has 0 bridgehead atoms. The van der Waals surface area contributed by atoms with E-state index in [0.29, 0.717) is 12.1 Å². The van der Waals surface area contributed by atoms with Gasteiger partial charge in [-0.05, 0) is 58.8 Å². The van der Waals surface area contributed by atoms with Crippen LogP contribution in [0.15, 0.2) is 79.0 Å². The summed E-state index contributed by atoms with van der Waals surface area (Å²) in [5, 5.41) is 13.1. The van der Waals surface area contributed by atoms with Gasteiger partial charge in [0.15, 0.2) is 0 Å². The Hall–Kier alpha value is -3.86. The van der Waals surface area contributed by atoms with E-state index in [4.69, 9.17) is 0 Å². The normalized spacial score (nSPS) is 10.8. The van der Waals surface area contributed by atoms with Gasteiger partial charge in [-0.15, -0.1) is 0 Å². The Balaban J connectivity index is 1.39. The molecule has 4 rings (SSSR count). The molecule has 144 valence electrons. The standard InChI is InChI=1S/C24H20N2O3/c27-23(26-22-4-2-1-3-20(22)24(28)29)12-7-16-5-8-17(9-6-16)18-10-11-21-19(15-18)13-14-25-21/h1-6,8-11,13-15,25H,7,12H2,(H,26,27)(H,28,29). The maximum Gasteiger partial charge on any atom is 0.337 e. The van der Waals surface area contributed by atoms with Gasteiger partial charge in [0.25, 0.3) is 0 Å². The van der Waals surface area contributed by atoms with Crippen LogP contribution in [0.1, 0.15) is 22.3 Å². The minimum atomic E-state index is -1.06. The lowest BCUT2D eigenvalue weighted by atomic mass is 10.0. The summed E-state index contributed by atoms with van der Waals surface area (Å²) in [6, 6.07) is 22.9. The van der Waals surface area contributed by atoms with Gasteiger partial charge in [0.1, 0.15) is 0 Å². The second-order valence-electron chi connectivity index (χ2n) is 6.88. The molecule has 1 heterocycles. The number of benzene rings is 3. The molecule has 0 unspecified atom stereocenters. The molecule has 0 aliphatic heterocycles. The van der Waals surface area contributed by atoms with Gasteiger partial charge in [-0.3, -0.25) is 4.79 Å². The number of fused-ring (bicyclic) bond motifs is 1. The predicted molar refractivity (Wildman–Crippen MR) is 114 cm³/mol. The lowest BCUT2D eigenvalue weighted by Gasteiger charge is -2.09. The zero-order chi connectivity index (χ0) is 20.2. The van der Waals surface area contributed by atoms with E-state index in [0.717, 1.165) is 22.2 Å². The predicted octanol–water partition coefficient (Wildman–Crippen LogP) is 5.10. The fourth-order valence-corrected chi connectivity index (χ4v) is 3.35. The second-order valence-corrected chi connectivity index (χ2v) is 6.88. The molecule has 1 amide bonds. The van der Waals surface area contributed by atoms with Gasteiger partial charge in [0, 0.05) is 18.1 Å². The smallest absolute Gasteiger partial charge is 0.337 e. The van der Waals surface area contributed by atoms with Gasteiger partial charge in [-0.1, -0.05) is 42.5 Å². The number of carboxylic acids is 1. The third-order valence-electron chi connectivity index (χ3n) is 4.91. The number of para-hydroxylation sites is 1. The molecule has 29 heavy (non-hydrogen) atoms. The van der Waals surface area contributed by atoms with Crippen LogP contribution in [0, 0.1) is 0 Å². The highest BCUT2D eigenvalue weighted by atomic mass is 16.4. The summed E-state index contributed by atoms with van der Waals surface area (Å²) in [6.45, 7) is 0. The number of carbonyl (C=O) groups excluding carboxylic acids is 1. The number of amides is 1. The van der Waals surface area contributed by atoms with E-state index in [9.17, 15) is 14.7 Å². The highest BCUT2D eigenvalue weighted by molar-refractivity contribution is 6.00. The molecule has 3 aromatic carbocycles. The molecular formula is C24H20N2O3. The van der Waals surface area contributed by atoms with Crippen molar-refractivity contribution >= 4 is 28.5 Å². The number of hydrogen-bond acceptors (Lipinski definition) is 2. The molecule has 4 aromatic rings. The molecule has 0 spiro atoms. The van der Waals surface area contributed by atoms with E-state index in [2.05, 4.69) is 40.6 Å². The van der Waals surface area contributed by atoms with Crippen molar-refractivity contribution in [3.8, 4) is 11.1 Å². The van der Waals surface area contributed by atoms with E-state index in [1.807, 2.05) is 24.4 Å². The van der Waals surface area contributed by atoms with Crippen LogP contribution in [0.4, 0.5) is 5.69 Å². The van der Waals surface area contributed by atoms with Gasteiger partial charge in [-0.25, -0.2) is 4.79 Å². The van der Waals surface area contributed by atoms with E-state index in [1.54, 1.807) is 18.2 Å². The summed E-state index contributed by atoms with van der Waals surface area (Å²) in [6.07, 6.45) is 2.79. The van der Waals surface area contributed by atoms with Crippen LogP contribution in [-0.2, 0) is 11.2 Å². The molecule has 5 heteroatoms. The van der Waals surface area contributed by atoms with E-state index >= 15 is 0 Å². The maximum atomic E-state index is 12.2. The van der Waals surface area contributed by atoms with E-state index < -0.39 is 5.97 Å². The zero-order valence-corrected chi connectivity index (χ0v) is 15.7. The van der Waals surface area contributed by atoms with Crippen molar-refractivity contribution in [2.75, 3.05) is 5.32 Å². The first-order valence-corrected chi connectivity index (χ1v) is 9.39. The number of anilines is 1. The fourth-order valence-electron chi connectivity index (χ4n) is 3.35. The topological polar surface area (TPSA) is 82.2 Å². The average Bonchev–Trinajstić information content (AvgIpc) is 3.21. The molecule has 0 aliphatic carbocycles. The Morgan fingerprint density at radius 1 is 0.897 bits per heavy atom. The Kier molecular flexibility index (Phi) is 5.12. The monoisotopic (exact) mass is 384 g/mol. The summed E-state index contributed by atoms with van der Waals surface area (Å²) < 4.78 is 0. The Bertz CT molecular complexity index is 1180. The average molecular weight is 384 g/mol. The zero-order valence-electron chi connectivity index (χ0n) is 15.7. The van der Waals surface area contributed by atoms with Crippen LogP contribution >= 0.6 is 0 Å². The number of aromatic carboxylic acids is 1. The summed E-state index contributed by atoms with van der Waals surface area (Å²) in [5.74, 6) is -1.27. The quantitative estimate of drug-likeness (QED) is 0.432. The molecule has 0 aliphatic rings. The van der Waals surface area contributed by atoms with Crippen LogP contribution in [0.5, 0.6) is 0 Å². The number of rotatable bonds is 6. The van der Waals surface area contributed by atoms with Crippen molar-refractivity contribution in [2.24, 2.45) is 0 Å². The van der Waals surface area contributed by atoms with Crippen molar-refractivity contribution < 1.29 is 14.7 Å². The highest BCUT2D eigenvalue weighted by Crippen LogP contribution is 2.24. The SMILES string of the molecule is O=C(CCc1ccc(-c2ccc3[nH]ccc3c2)cc1)Nc1ccccc1C(=O)O. The van der Waals surface area contributed by atoms with Crippen molar-refractivity contribution in [2.45, 2.75) is 12.8 Å². The minimum absolute atomic E-state index is 0.0876. The lowest BCUT2D eigenvalue weighted by Crippen LogP contribution is -2.15. The molecular weight excluding hydrogens is 364 g/mol. The number of carbonyl (C=O) groups is 2. The third kappa shape index (κ3) is 4.19. The third-order valence-corrected chi connectivity index (χ3v) is 4.91. The molecule has 0 radical (unpaired) electrons. The van der Waals surface area contributed by atoms with E-state index in [1.165, 1.54) is 11.5 Å². The van der Waals surface area contributed by atoms with Crippen LogP contribution < -0.4 is 5.32 Å². The Morgan fingerprint density at radius 2 is 1.66 bits per heavy atom. The van der Waals surface area contributed by atoms with Crippen molar-refractivity contribution in [1.29, 1.82) is 0 Å². The molecule has 0 fully saturated rings. The molecule has 3 N–H and O–H groups in total. The molecule has 0 saturated heterocycles. The minimum Gasteiger partial charge on any atom is -0.478 e. The second kappa shape index (κ2) is 8.02. The first kappa shape index (κ1) is 18.5. The first-order valence-electron chi connectivity index (χ1n) is 9.39. The largest absolute Gasteiger partial charge is 0.478 e. The molecule has 1 aromatic heterocycles. The maximum absolute atomic E-state index is 12.2. The number of hydrogen-bond donors (Lipinski definition) is 3. The number of nitrogens with one attached hydrogen (secondary N) is 2. The number of aryl methyl sites for hydroxylation is 1.